The quantitative estimate of drug-likeness (QED) is 0.643. The van der Waals surface area contributed by atoms with Crippen LogP contribution in [0.2, 0.25) is 0 Å². The molecule has 1 fully saturated rings. The molecule has 0 saturated heterocycles. The van der Waals surface area contributed by atoms with Gasteiger partial charge in [-0.2, -0.15) is 0 Å². The SMILES string of the molecule is C=Cc1cccc(O[C@H]2c3ccccc3CCCC2C2CCC[C@H](N)C2)c1C. The third kappa shape index (κ3) is 3.89. The second-order valence-corrected chi connectivity index (χ2v) is 8.65. The Morgan fingerprint density at radius 3 is 2.71 bits per heavy atom. The standard InChI is InChI=1S/C26H33NO/c1-3-19-10-8-16-25(18(19)2)28-26-23-14-5-4-9-20(23)11-7-15-24(26)21-12-6-13-22(27)17-21/h3-5,8-10,14,16,21-22,24,26H,1,6-7,11-13,15,17,27H2,2H3/t21?,22-,24?,26-/m0/s1. The minimum atomic E-state index is 0.104. The van der Waals surface area contributed by atoms with Crippen molar-refractivity contribution in [1.82, 2.24) is 0 Å². The average molecular weight is 376 g/mol. The molecule has 0 radical (unpaired) electrons. The lowest BCUT2D eigenvalue weighted by atomic mass is 9.73. The van der Waals surface area contributed by atoms with E-state index in [1.54, 1.807) is 0 Å². The lowest BCUT2D eigenvalue weighted by molar-refractivity contribution is 0.0695. The van der Waals surface area contributed by atoms with Gasteiger partial charge in [-0.1, -0.05) is 55.5 Å². The fourth-order valence-corrected chi connectivity index (χ4v) is 5.36. The van der Waals surface area contributed by atoms with Gasteiger partial charge >= 0.3 is 0 Å². The van der Waals surface area contributed by atoms with Gasteiger partial charge in [-0.05, 0) is 79.7 Å². The molecule has 0 bridgehead atoms. The number of aryl methyl sites for hydroxylation is 1. The molecule has 0 spiro atoms. The van der Waals surface area contributed by atoms with E-state index in [4.69, 9.17) is 10.5 Å². The summed E-state index contributed by atoms with van der Waals surface area (Å²) in [6, 6.07) is 15.5. The maximum absolute atomic E-state index is 6.85. The van der Waals surface area contributed by atoms with Gasteiger partial charge in [0.05, 0.1) is 0 Å². The summed E-state index contributed by atoms with van der Waals surface area (Å²) < 4.78 is 6.85. The summed E-state index contributed by atoms with van der Waals surface area (Å²) in [5.41, 5.74) is 11.5. The molecule has 0 amide bonds. The highest BCUT2D eigenvalue weighted by Gasteiger charge is 2.37. The van der Waals surface area contributed by atoms with Crippen LogP contribution in [0.15, 0.2) is 49.0 Å². The van der Waals surface area contributed by atoms with Crippen LogP contribution in [0.25, 0.3) is 6.08 Å². The van der Waals surface area contributed by atoms with E-state index in [2.05, 4.69) is 56.0 Å². The molecule has 2 aliphatic carbocycles. The largest absolute Gasteiger partial charge is 0.485 e. The molecular formula is C26H33NO. The minimum Gasteiger partial charge on any atom is -0.485 e. The summed E-state index contributed by atoms with van der Waals surface area (Å²) in [5, 5.41) is 0. The van der Waals surface area contributed by atoms with Crippen molar-refractivity contribution in [2.75, 3.05) is 0 Å². The summed E-state index contributed by atoms with van der Waals surface area (Å²) in [6.07, 6.45) is 10.5. The third-order valence-electron chi connectivity index (χ3n) is 6.89. The van der Waals surface area contributed by atoms with Crippen LogP contribution in [-0.4, -0.2) is 6.04 Å². The van der Waals surface area contributed by atoms with Crippen molar-refractivity contribution < 1.29 is 4.74 Å². The van der Waals surface area contributed by atoms with Gasteiger partial charge in [0, 0.05) is 12.0 Å². The second kappa shape index (κ2) is 8.53. The fraction of sp³-hybridized carbons (Fsp3) is 0.462. The summed E-state index contributed by atoms with van der Waals surface area (Å²) in [4.78, 5) is 0. The van der Waals surface area contributed by atoms with Gasteiger partial charge in [0.2, 0.25) is 0 Å². The Labute approximate surface area is 169 Å². The molecule has 148 valence electrons. The van der Waals surface area contributed by atoms with E-state index in [9.17, 15) is 0 Å². The van der Waals surface area contributed by atoms with Crippen molar-refractivity contribution in [2.45, 2.75) is 64.0 Å². The molecule has 4 atom stereocenters. The predicted molar refractivity (Wildman–Crippen MR) is 117 cm³/mol. The van der Waals surface area contributed by atoms with E-state index >= 15 is 0 Å². The van der Waals surface area contributed by atoms with Crippen molar-refractivity contribution in [3.8, 4) is 5.75 Å². The van der Waals surface area contributed by atoms with Gasteiger partial charge in [0.25, 0.3) is 0 Å². The van der Waals surface area contributed by atoms with E-state index in [0.717, 1.165) is 24.2 Å². The smallest absolute Gasteiger partial charge is 0.127 e. The number of hydrogen-bond donors (Lipinski definition) is 1. The number of fused-ring (bicyclic) bond motifs is 1. The van der Waals surface area contributed by atoms with Gasteiger partial charge in [0.1, 0.15) is 11.9 Å². The topological polar surface area (TPSA) is 35.2 Å². The molecule has 0 heterocycles. The monoisotopic (exact) mass is 375 g/mol. The van der Waals surface area contributed by atoms with E-state index in [-0.39, 0.29) is 6.10 Å². The van der Waals surface area contributed by atoms with Crippen LogP contribution in [0.4, 0.5) is 0 Å². The van der Waals surface area contributed by atoms with Crippen molar-refractivity contribution in [2.24, 2.45) is 17.6 Å². The highest BCUT2D eigenvalue weighted by Crippen LogP contribution is 2.45. The van der Waals surface area contributed by atoms with Gasteiger partial charge < -0.3 is 10.5 Å². The van der Waals surface area contributed by atoms with Crippen molar-refractivity contribution >= 4 is 6.08 Å². The summed E-state index contributed by atoms with van der Waals surface area (Å²) in [6.45, 7) is 6.10. The number of hydrogen-bond acceptors (Lipinski definition) is 2. The zero-order valence-corrected chi connectivity index (χ0v) is 17.1. The molecule has 28 heavy (non-hydrogen) atoms. The Morgan fingerprint density at radius 2 is 1.89 bits per heavy atom. The van der Waals surface area contributed by atoms with Crippen molar-refractivity contribution in [3.63, 3.8) is 0 Å². The number of nitrogens with two attached hydrogens (primary N) is 1. The Kier molecular flexibility index (Phi) is 5.87. The number of rotatable bonds is 4. The van der Waals surface area contributed by atoms with E-state index in [1.807, 2.05) is 6.08 Å². The first-order chi connectivity index (χ1) is 13.7. The zero-order valence-electron chi connectivity index (χ0n) is 17.1. The van der Waals surface area contributed by atoms with Crippen molar-refractivity contribution in [3.05, 3.63) is 71.3 Å². The Balaban J connectivity index is 1.72. The molecule has 0 aromatic heterocycles. The molecule has 1 saturated carbocycles. The molecule has 2 N–H and O–H groups in total. The molecule has 2 aliphatic rings. The van der Waals surface area contributed by atoms with E-state index < -0.39 is 0 Å². The minimum absolute atomic E-state index is 0.104. The lowest BCUT2D eigenvalue weighted by Gasteiger charge is -2.37. The Bertz CT molecular complexity index is 827. The zero-order chi connectivity index (χ0) is 19.5. The molecule has 2 aromatic carbocycles. The van der Waals surface area contributed by atoms with Crippen LogP contribution in [-0.2, 0) is 6.42 Å². The van der Waals surface area contributed by atoms with Gasteiger partial charge in [-0.15, -0.1) is 0 Å². The Hall–Kier alpha value is -2.06. The first-order valence-electron chi connectivity index (χ1n) is 10.9. The summed E-state index contributed by atoms with van der Waals surface area (Å²) in [7, 11) is 0. The molecule has 2 nitrogen and oxygen atoms in total. The summed E-state index contributed by atoms with van der Waals surface area (Å²) >= 11 is 0. The molecule has 0 aliphatic heterocycles. The molecule has 2 aromatic rings. The van der Waals surface area contributed by atoms with Crippen LogP contribution < -0.4 is 10.5 Å². The Morgan fingerprint density at radius 1 is 1.04 bits per heavy atom. The fourth-order valence-electron chi connectivity index (χ4n) is 5.36. The first kappa shape index (κ1) is 19.3. The maximum atomic E-state index is 6.85. The van der Waals surface area contributed by atoms with E-state index in [0.29, 0.717) is 17.9 Å². The first-order valence-corrected chi connectivity index (χ1v) is 10.9. The third-order valence-corrected chi connectivity index (χ3v) is 6.89. The highest BCUT2D eigenvalue weighted by atomic mass is 16.5. The number of benzene rings is 2. The normalized spacial score (nSPS) is 27.5. The molecule has 2 heteroatoms. The van der Waals surface area contributed by atoms with Crippen molar-refractivity contribution in [1.29, 1.82) is 0 Å². The second-order valence-electron chi connectivity index (χ2n) is 8.65. The van der Waals surface area contributed by atoms with Gasteiger partial charge in [0.15, 0.2) is 0 Å². The van der Waals surface area contributed by atoms with Crippen LogP contribution in [0.3, 0.4) is 0 Å². The maximum Gasteiger partial charge on any atom is 0.127 e. The molecular weight excluding hydrogens is 342 g/mol. The van der Waals surface area contributed by atoms with Crippen LogP contribution >= 0.6 is 0 Å². The number of ether oxygens (including phenoxy) is 1. The van der Waals surface area contributed by atoms with Gasteiger partial charge in [-0.25, -0.2) is 0 Å². The average Bonchev–Trinajstić information content (AvgIpc) is 2.89. The van der Waals surface area contributed by atoms with Crippen LogP contribution in [0, 0.1) is 18.8 Å². The summed E-state index contributed by atoms with van der Waals surface area (Å²) in [5.74, 6) is 2.17. The predicted octanol–water partition coefficient (Wildman–Crippen LogP) is 6.23. The molecule has 2 unspecified atom stereocenters. The van der Waals surface area contributed by atoms with Gasteiger partial charge in [-0.3, -0.25) is 0 Å². The lowest BCUT2D eigenvalue weighted by Crippen LogP contribution is -2.34. The van der Waals surface area contributed by atoms with Crippen LogP contribution in [0.1, 0.15) is 66.9 Å². The molecule has 4 rings (SSSR count). The van der Waals surface area contributed by atoms with Crippen LogP contribution in [0.5, 0.6) is 5.75 Å². The van der Waals surface area contributed by atoms with E-state index in [1.165, 1.54) is 48.8 Å². The highest BCUT2D eigenvalue weighted by molar-refractivity contribution is 5.56.